The van der Waals surface area contributed by atoms with E-state index in [0.717, 1.165) is 10.8 Å². The average Bonchev–Trinajstić information content (AvgIpc) is 2.22. The predicted molar refractivity (Wildman–Crippen MR) is 65.0 cm³/mol. The number of aromatic hydroxyl groups is 1. The molecule has 0 saturated heterocycles. The van der Waals surface area contributed by atoms with Gasteiger partial charge in [-0.15, -0.1) is 0 Å². The number of halogens is 1. The van der Waals surface area contributed by atoms with Crippen molar-refractivity contribution in [1.29, 1.82) is 0 Å². The molecule has 3 heteroatoms. The summed E-state index contributed by atoms with van der Waals surface area (Å²) < 4.78 is 0. The standard InChI is InChI=1S/C13H11ClO2/c1-8(15)6-12-11-4-3-10(14)7-9(11)2-5-13(12)16/h2-5,7,16H,6H2,1H3. The lowest BCUT2D eigenvalue weighted by Gasteiger charge is -2.07. The minimum absolute atomic E-state index is 0.0257. The second-order valence-corrected chi connectivity index (χ2v) is 4.24. The van der Waals surface area contributed by atoms with Crippen LogP contribution in [-0.2, 0) is 11.2 Å². The van der Waals surface area contributed by atoms with Gasteiger partial charge in [-0.05, 0) is 35.9 Å². The van der Waals surface area contributed by atoms with Gasteiger partial charge in [-0.3, -0.25) is 4.79 Å². The summed E-state index contributed by atoms with van der Waals surface area (Å²) in [6.07, 6.45) is 0.241. The number of hydrogen-bond acceptors (Lipinski definition) is 2. The van der Waals surface area contributed by atoms with Crippen LogP contribution in [0.3, 0.4) is 0 Å². The molecule has 0 spiro atoms. The number of Topliss-reactive ketones (excluding diaryl/α,β-unsaturated/α-hetero) is 1. The van der Waals surface area contributed by atoms with Gasteiger partial charge in [0.15, 0.2) is 0 Å². The van der Waals surface area contributed by atoms with Gasteiger partial charge in [-0.25, -0.2) is 0 Å². The summed E-state index contributed by atoms with van der Waals surface area (Å²) in [4.78, 5) is 11.1. The van der Waals surface area contributed by atoms with E-state index in [1.165, 1.54) is 6.92 Å². The maximum atomic E-state index is 11.1. The summed E-state index contributed by atoms with van der Waals surface area (Å²) in [6.45, 7) is 1.51. The van der Waals surface area contributed by atoms with E-state index in [1.807, 2.05) is 12.1 Å². The SMILES string of the molecule is CC(=O)Cc1c(O)ccc2cc(Cl)ccc12. The number of ketones is 1. The molecule has 2 nitrogen and oxygen atoms in total. The van der Waals surface area contributed by atoms with Crippen molar-refractivity contribution >= 4 is 28.2 Å². The molecule has 16 heavy (non-hydrogen) atoms. The number of fused-ring (bicyclic) bond motifs is 1. The van der Waals surface area contributed by atoms with Gasteiger partial charge in [-0.1, -0.05) is 23.7 Å². The highest BCUT2D eigenvalue weighted by Crippen LogP contribution is 2.29. The van der Waals surface area contributed by atoms with E-state index >= 15 is 0 Å². The van der Waals surface area contributed by atoms with Crippen molar-refractivity contribution < 1.29 is 9.90 Å². The van der Waals surface area contributed by atoms with Crippen LogP contribution in [0, 0.1) is 0 Å². The summed E-state index contributed by atoms with van der Waals surface area (Å²) >= 11 is 5.89. The fraction of sp³-hybridized carbons (Fsp3) is 0.154. The summed E-state index contributed by atoms with van der Waals surface area (Å²) in [5, 5.41) is 12.2. The Morgan fingerprint density at radius 3 is 2.75 bits per heavy atom. The van der Waals surface area contributed by atoms with Crippen LogP contribution in [0.2, 0.25) is 5.02 Å². The third-order valence-corrected chi connectivity index (χ3v) is 2.73. The highest BCUT2D eigenvalue weighted by Gasteiger charge is 2.09. The maximum absolute atomic E-state index is 11.1. The van der Waals surface area contributed by atoms with E-state index in [4.69, 9.17) is 11.6 Å². The fourth-order valence-electron chi connectivity index (χ4n) is 1.79. The van der Waals surface area contributed by atoms with Crippen LogP contribution in [0.1, 0.15) is 12.5 Å². The molecule has 82 valence electrons. The lowest BCUT2D eigenvalue weighted by molar-refractivity contribution is -0.116. The molecule has 0 fully saturated rings. The second-order valence-electron chi connectivity index (χ2n) is 3.81. The van der Waals surface area contributed by atoms with Gasteiger partial charge in [0.1, 0.15) is 11.5 Å². The summed E-state index contributed by atoms with van der Waals surface area (Å²) in [5.41, 5.74) is 0.668. The van der Waals surface area contributed by atoms with Crippen molar-refractivity contribution in [3.05, 3.63) is 40.9 Å². The number of benzene rings is 2. The summed E-state index contributed by atoms with van der Waals surface area (Å²) in [6, 6.07) is 8.79. The molecule has 0 atom stereocenters. The molecule has 0 bridgehead atoms. The highest BCUT2D eigenvalue weighted by molar-refractivity contribution is 6.31. The molecule has 2 rings (SSSR count). The first-order valence-electron chi connectivity index (χ1n) is 4.97. The van der Waals surface area contributed by atoms with Crippen molar-refractivity contribution in [2.24, 2.45) is 0 Å². The number of hydrogen-bond donors (Lipinski definition) is 1. The van der Waals surface area contributed by atoms with Crippen LogP contribution in [0.4, 0.5) is 0 Å². The molecule has 2 aromatic carbocycles. The molecular formula is C13H11ClO2. The van der Waals surface area contributed by atoms with Crippen molar-refractivity contribution in [3.63, 3.8) is 0 Å². The normalized spacial score (nSPS) is 10.6. The molecule has 0 aliphatic carbocycles. The number of phenolic OH excluding ortho intramolecular Hbond substituents is 1. The Morgan fingerprint density at radius 1 is 1.31 bits per heavy atom. The third kappa shape index (κ3) is 2.02. The molecule has 1 N–H and O–H groups in total. The molecule has 0 amide bonds. The number of rotatable bonds is 2. The Kier molecular flexibility index (Phi) is 2.84. The fourth-order valence-corrected chi connectivity index (χ4v) is 1.97. The van der Waals surface area contributed by atoms with E-state index < -0.39 is 0 Å². The zero-order valence-corrected chi connectivity index (χ0v) is 9.58. The molecule has 0 unspecified atom stereocenters. The van der Waals surface area contributed by atoms with Gasteiger partial charge >= 0.3 is 0 Å². The number of carbonyl (C=O) groups is 1. The van der Waals surface area contributed by atoms with Crippen molar-refractivity contribution in [2.45, 2.75) is 13.3 Å². The highest BCUT2D eigenvalue weighted by atomic mass is 35.5. The van der Waals surface area contributed by atoms with E-state index in [1.54, 1.807) is 18.2 Å². The zero-order chi connectivity index (χ0) is 11.7. The number of carbonyl (C=O) groups excluding carboxylic acids is 1. The molecule has 0 saturated carbocycles. The first kappa shape index (κ1) is 11.0. The van der Waals surface area contributed by atoms with Gasteiger partial charge in [0, 0.05) is 17.0 Å². The minimum atomic E-state index is 0.0257. The van der Waals surface area contributed by atoms with Gasteiger partial charge in [0.05, 0.1) is 0 Å². The van der Waals surface area contributed by atoms with Gasteiger partial charge in [0.2, 0.25) is 0 Å². The van der Waals surface area contributed by atoms with Crippen LogP contribution < -0.4 is 0 Å². The van der Waals surface area contributed by atoms with Crippen molar-refractivity contribution in [2.75, 3.05) is 0 Å². The van der Waals surface area contributed by atoms with Gasteiger partial charge in [0.25, 0.3) is 0 Å². The molecule has 2 aromatic rings. The van der Waals surface area contributed by atoms with Crippen LogP contribution >= 0.6 is 11.6 Å². The second kappa shape index (κ2) is 4.14. The quantitative estimate of drug-likeness (QED) is 0.866. The topological polar surface area (TPSA) is 37.3 Å². The Balaban J connectivity index is 2.69. The van der Waals surface area contributed by atoms with Crippen LogP contribution in [0.5, 0.6) is 5.75 Å². The smallest absolute Gasteiger partial charge is 0.134 e. The molecular weight excluding hydrogens is 224 g/mol. The van der Waals surface area contributed by atoms with Gasteiger partial charge < -0.3 is 5.11 Å². The summed E-state index contributed by atoms with van der Waals surface area (Å²) in [7, 11) is 0. The summed E-state index contributed by atoms with van der Waals surface area (Å²) in [5.74, 6) is 0.183. The molecule has 0 aliphatic rings. The Bertz CT molecular complexity index is 561. The Morgan fingerprint density at radius 2 is 2.06 bits per heavy atom. The van der Waals surface area contributed by atoms with Crippen LogP contribution in [0.25, 0.3) is 10.8 Å². The van der Waals surface area contributed by atoms with Crippen LogP contribution in [-0.4, -0.2) is 10.9 Å². The third-order valence-electron chi connectivity index (χ3n) is 2.49. The lowest BCUT2D eigenvalue weighted by Crippen LogP contribution is -1.97. The van der Waals surface area contributed by atoms with Crippen molar-refractivity contribution in [3.8, 4) is 5.75 Å². The molecule has 0 aromatic heterocycles. The number of phenols is 1. The van der Waals surface area contributed by atoms with E-state index in [0.29, 0.717) is 10.6 Å². The molecule has 0 radical (unpaired) electrons. The van der Waals surface area contributed by atoms with E-state index in [-0.39, 0.29) is 18.0 Å². The zero-order valence-electron chi connectivity index (χ0n) is 8.83. The average molecular weight is 235 g/mol. The van der Waals surface area contributed by atoms with Gasteiger partial charge in [-0.2, -0.15) is 0 Å². The first-order valence-corrected chi connectivity index (χ1v) is 5.35. The molecule has 0 aliphatic heterocycles. The first-order chi connectivity index (χ1) is 7.58. The monoisotopic (exact) mass is 234 g/mol. The molecule has 0 heterocycles. The lowest BCUT2D eigenvalue weighted by atomic mass is 10.00. The Labute approximate surface area is 98.5 Å². The van der Waals surface area contributed by atoms with E-state index in [2.05, 4.69) is 0 Å². The maximum Gasteiger partial charge on any atom is 0.134 e. The van der Waals surface area contributed by atoms with E-state index in [9.17, 15) is 9.90 Å². The van der Waals surface area contributed by atoms with Crippen LogP contribution in [0.15, 0.2) is 30.3 Å². The van der Waals surface area contributed by atoms with Crippen molar-refractivity contribution in [1.82, 2.24) is 0 Å². The minimum Gasteiger partial charge on any atom is -0.508 e. The Hall–Kier alpha value is -1.54. The largest absolute Gasteiger partial charge is 0.508 e. The predicted octanol–water partition coefficient (Wildman–Crippen LogP) is 3.33.